The zero-order valence-corrected chi connectivity index (χ0v) is 16.5. The number of rotatable bonds is 7. The molecule has 1 unspecified atom stereocenters. The predicted molar refractivity (Wildman–Crippen MR) is 107 cm³/mol. The molecule has 1 fully saturated rings. The third-order valence-corrected chi connectivity index (χ3v) is 5.41. The maximum atomic E-state index is 12.5. The van der Waals surface area contributed by atoms with Crippen LogP contribution < -0.4 is 10.4 Å². The minimum Gasteiger partial charge on any atom is -0.475 e. The average Bonchev–Trinajstić information content (AvgIpc) is 2.73. The van der Waals surface area contributed by atoms with Gasteiger partial charge < -0.3 is 14.2 Å². The third-order valence-electron chi connectivity index (χ3n) is 5.41. The van der Waals surface area contributed by atoms with Gasteiger partial charge >= 0.3 is 5.69 Å². The quantitative estimate of drug-likeness (QED) is 0.687. The minimum absolute atomic E-state index is 0.118. The summed E-state index contributed by atoms with van der Waals surface area (Å²) in [6.07, 6.45) is 5.57. The Balaban J connectivity index is 1.54. The van der Waals surface area contributed by atoms with E-state index in [0.29, 0.717) is 38.9 Å². The Labute approximate surface area is 165 Å². The first-order valence-corrected chi connectivity index (χ1v) is 10.3. The summed E-state index contributed by atoms with van der Waals surface area (Å²) in [5.74, 6) is 0.352. The van der Waals surface area contributed by atoms with Gasteiger partial charge in [-0.05, 0) is 30.4 Å². The minimum atomic E-state index is -0.258. The van der Waals surface area contributed by atoms with Gasteiger partial charge in [-0.2, -0.15) is 4.98 Å². The first-order valence-electron chi connectivity index (χ1n) is 10.3. The van der Waals surface area contributed by atoms with Gasteiger partial charge in [-0.1, -0.05) is 38.0 Å². The van der Waals surface area contributed by atoms with Crippen molar-refractivity contribution in [3.8, 4) is 17.1 Å². The summed E-state index contributed by atoms with van der Waals surface area (Å²) < 4.78 is 18.5. The zero-order valence-electron chi connectivity index (χ0n) is 16.5. The maximum absolute atomic E-state index is 12.5. The first kappa shape index (κ1) is 19.2. The summed E-state index contributed by atoms with van der Waals surface area (Å²) in [6, 6.07) is 8.50. The van der Waals surface area contributed by atoms with E-state index in [0.717, 1.165) is 24.1 Å². The third kappa shape index (κ3) is 4.28. The Morgan fingerprint density at radius 1 is 1.25 bits per heavy atom. The van der Waals surface area contributed by atoms with Crippen LogP contribution >= 0.6 is 0 Å². The number of hydrogen-bond acceptors (Lipinski definition) is 5. The standard InChI is InChI=1S/C22H28N2O4/c1-2-3-4-5-16-6-7-19-17(12-16)8-9-24-20(19)13-21(23-22(24)25)28-15-18-14-26-10-11-27-18/h6-7,12-13,18H,2-5,8-11,14-15H2,1H3. The molecule has 0 spiro atoms. The van der Waals surface area contributed by atoms with Gasteiger partial charge in [0.25, 0.3) is 0 Å². The second-order valence-corrected chi connectivity index (χ2v) is 7.49. The topological polar surface area (TPSA) is 62.6 Å². The molecule has 6 heteroatoms. The van der Waals surface area contributed by atoms with Crippen LogP contribution in [0.5, 0.6) is 5.88 Å². The monoisotopic (exact) mass is 384 g/mol. The van der Waals surface area contributed by atoms with Gasteiger partial charge in [-0.3, -0.25) is 4.57 Å². The second kappa shape index (κ2) is 8.88. The Morgan fingerprint density at radius 2 is 2.18 bits per heavy atom. The van der Waals surface area contributed by atoms with Gasteiger partial charge in [0, 0.05) is 18.2 Å². The van der Waals surface area contributed by atoms with Crippen molar-refractivity contribution >= 4 is 0 Å². The summed E-state index contributed by atoms with van der Waals surface area (Å²) in [5.41, 5.74) is 4.41. The lowest BCUT2D eigenvalue weighted by Gasteiger charge is -2.24. The van der Waals surface area contributed by atoms with Crippen molar-refractivity contribution < 1.29 is 14.2 Å². The van der Waals surface area contributed by atoms with E-state index < -0.39 is 0 Å². The predicted octanol–water partition coefficient (Wildman–Crippen LogP) is 2.99. The Morgan fingerprint density at radius 3 is 3.00 bits per heavy atom. The lowest BCUT2D eigenvalue weighted by atomic mass is 9.94. The van der Waals surface area contributed by atoms with E-state index in [1.54, 1.807) is 4.57 Å². The molecule has 6 nitrogen and oxygen atoms in total. The van der Waals surface area contributed by atoms with Crippen LogP contribution in [0.25, 0.3) is 11.3 Å². The van der Waals surface area contributed by atoms with Crippen molar-refractivity contribution in [3.63, 3.8) is 0 Å². The molecular weight excluding hydrogens is 356 g/mol. The molecule has 0 N–H and O–H groups in total. The summed E-state index contributed by atoms with van der Waals surface area (Å²) in [4.78, 5) is 16.6. The summed E-state index contributed by atoms with van der Waals surface area (Å²) in [7, 11) is 0. The Hall–Kier alpha value is -2.18. The highest BCUT2D eigenvalue weighted by molar-refractivity contribution is 5.67. The van der Waals surface area contributed by atoms with Gasteiger partial charge in [0.1, 0.15) is 12.7 Å². The Bertz CT molecular complexity index is 871. The number of aromatic nitrogens is 2. The number of aryl methyl sites for hydroxylation is 2. The Kier molecular flexibility index (Phi) is 6.07. The molecule has 1 aromatic heterocycles. The normalized spacial score (nSPS) is 18.4. The van der Waals surface area contributed by atoms with Crippen LogP contribution in [-0.4, -0.2) is 42.1 Å². The summed E-state index contributed by atoms with van der Waals surface area (Å²) in [6.45, 7) is 4.91. The van der Waals surface area contributed by atoms with Crippen LogP contribution in [0.2, 0.25) is 0 Å². The molecule has 0 aliphatic carbocycles. The van der Waals surface area contributed by atoms with Crippen molar-refractivity contribution in [1.29, 1.82) is 0 Å². The van der Waals surface area contributed by atoms with E-state index in [9.17, 15) is 4.79 Å². The molecule has 3 heterocycles. The average molecular weight is 384 g/mol. The molecule has 1 saturated heterocycles. The molecule has 150 valence electrons. The van der Waals surface area contributed by atoms with E-state index in [1.165, 1.54) is 30.4 Å². The molecule has 0 amide bonds. The molecule has 28 heavy (non-hydrogen) atoms. The highest BCUT2D eigenvalue weighted by Gasteiger charge is 2.21. The lowest BCUT2D eigenvalue weighted by Crippen LogP contribution is -2.34. The molecule has 4 rings (SSSR count). The molecular formula is C22H28N2O4. The number of ether oxygens (including phenoxy) is 3. The number of fused-ring (bicyclic) bond motifs is 3. The summed E-state index contributed by atoms with van der Waals surface area (Å²) >= 11 is 0. The fraction of sp³-hybridized carbons (Fsp3) is 0.545. The molecule has 2 aliphatic rings. The smallest absolute Gasteiger partial charge is 0.351 e. The lowest BCUT2D eigenvalue weighted by molar-refractivity contribution is -0.102. The highest BCUT2D eigenvalue weighted by atomic mass is 16.6. The SMILES string of the molecule is CCCCCc1ccc2c(c1)CCn1c-2cc(OCC2COCCO2)nc1=O. The van der Waals surface area contributed by atoms with Crippen LogP contribution in [-0.2, 0) is 28.9 Å². The van der Waals surface area contributed by atoms with Gasteiger partial charge in [-0.25, -0.2) is 4.79 Å². The van der Waals surface area contributed by atoms with Crippen LogP contribution in [0, 0.1) is 0 Å². The fourth-order valence-corrected chi connectivity index (χ4v) is 3.88. The number of nitrogens with zero attached hydrogens (tertiary/aromatic N) is 2. The molecule has 0 bridgehead atoms. The highest BCUT2D eigenvalue weighted by Crippen LogP contribution is 2.30. The molecule has 0 radical (unpaired) electrons. The zero-order chi connectivity index (χ0) is 19.3. The first-order chi connectivity index (χ1) is 13.7. The molecule has 1 aromatic carbocycles. The van der Waals surface area contributed by atoms with Gasteiger partial charge in [0.15, 0.2) is 0 Å². The number of unbranched alkanes of at least 4 members (excludes halogenated alkanes) is 2. The number of benzene rings is 1. The van der Waals surface area contributed by atoms with Crippen molar-refractivity contribution in [2.75, 3.05) is 26.4 Å². The van der Waals surface area contributed by atoms with Crippen molar-refractivity contribution in [1.82, 2.24) is 9.55 Å². The molecule has 1 atom stereocenters. The second-order valence-electron chi connectivity index (χ2n) is 7.49. The van der Waals surface area contributed by atoms with E-state index in [-0.39, 0.29) is 11.8 Å². The molecule has 2 aromatic rings. The van der Waals surface area contributed by atoms with Gasteiger partial charge in [0.05, 0.1) is 25.5 Å². The van der Waals surface area contributed by atoms with Crippen molar-refractivity contribution in [3.05, 3.63) is 45.9 Å². The summed E-state index contributed by atoms with van der Waals surface area (Å²) in [5, 5.41) is 0. The largest absolute Gasteiger partial charge is 0.475 e. The maximum Gasteiger partial charge on any atom is 0.351 e. The van der Waals surface area contributed by atoms with Crippen molar-refractivity contribution in [2.45, 2.75) is 51.7 Å². The van der Waals surface area contributed by atoms with Gasteiger partial charge in [0.2, 0.25) is 5.88 Å². The van der Waals surface area contributed by atoms with Crippen LogP contribution in [0.4, 0.5) is 0 Å². The molecule has 0 saturated carbocycles. The van der Waals surface area contributed by atoms with E-state index in [4.69, 9.17) is 14.2 Å². The molecule has 2 aliphatic heterocycles. The van der Waals surface area contributed by atoms with E-state index in [1.807, 2.05) is 6.07 Å². The number of hydrogen-bond donors (Lipinski definition) is 0. The van der Waals surface area contributed by atoms with Crippen LogP contribution in [0.1, 0.15) is 37.3 Å². The van der Waals surface area contributed by atoms with Gasteiger partial charge in [-0.15, -0.1) is 0 Å². The van der Waals surface area contributed by atoms with E-state index >= 15 is 0 Å². The van der Waals surface area contributed by atoms with Crippen molar-refractivity contribution in [2.24, 2.45) is 0 Å². The van der Waals surface area contributed by atoms with Crippen LogP contribution in [0.3, 0.4) is 0 Å². The fourth-order valence-electron chi connectivity index (χ4n) is 3.88. The van der Waals surface area contributed by atoms with Crippen LogP contribution in [0.15, 0.2) is 29.1 Å². The van der Waals surface area contributed by atoms with E-state index in [2.05, 4.69) is 30.1 Å².